The number of alkyl halides is 3. The number of carbonyl (C=O) groups excluding carboxylic acids is 2. The molecule has 9 heteroatoms. The van der Waals surface area contributed by atoms with E-state index < -0.39 is 42.3 Å². The van der Waals surface area contributed by atoms with Gasteiger partial charge in [0, 0.05) is 12.6 Å². The summed E-state index contributed by atoms with van der Waals surface area (Å²) in [6.45, 7) is 4.29. The van der Waals surface area contributed by atoms with Crippen molar-refractivity contribution < 1.29 is 32.2 Å². The summed E-state index contributed by atoms with van der Waals surface area (Å²) in [4.78, 5) is 26.2. The van der Waals surface area contributed by atoms with E-state index in [2.05, 4.69) is 5.32 Å². The summed E-state index contributed by atoms with van der Waals surface area (Å²) >= 11 is 0. The van der Waals surface area contributed by atoms with Gasteiger partial charge in [0.05, 0.1) is 12.5 Å². The monoisotopic (exact) mass is 430 g/mol. The van der Waals surface area contributed by atoms with Crippen LogP contribution < -0.4 is 5.32 Å². The Labute approximate surface area is 174 Å². The number of esters is 1. The molecule has 0 unspecified atom stereocenters. The van der Waals surface area contributed by atoms with Crippen molar-refractivity contribution in [2.75, 3.05) is 19.6 Å². The number of halogens is 3. The summed E-state index contributed by atoms with van der Waals surface area (Å²) in [5.41, 5.74) is 0.0651. The standard InChI is InChI=1S/C21H29F3N2O4/c1-20(2,3)30-19(28)25-17-10-12-26(14-21(22,23)24)11-9-16(17)18(27)29-13-15-7-5-4-6-8-15/h4-8,16-17H,9-14H2,1-3H3,(H,25,28)/t16-,17+/m1/s1. The number of rotatable bonds is 5. The zero-order valence-electron chi connectivity index (χ0n) is 17.5. The fourth-order valence-electron chi connectivity index (χ4n) is 3.32. The van der Waals surface area contributed by atoms with Crippen molar-refractivity contribution in [2.45, 2.75) is 58.0 Å². The minimum Gasteiger partial charge on any atom is -0.461 e. The first kappa shape index (κ1) is 24.0. The van der Waals surface area contributed by atoms with Gasteiger partial charge >= 0.3 is 18.2 Å². The molecular weight excluding hydrogens is 401 g/mol. The lowest BCUT2D eigenvalue weighted by molar-refractivity contribution is -0.151. The summed E-state index contributed by atoms with van der Waals surface area (Å²) in [6.07, 6.45) is -4.72. The Morgan fingerprint density at radius 1 is 1.10 bits per heavy atom. The molecule has 1 heterocycles. The van der Waals surface area contributed by atoms with Gasteiger partial charge < -0.3 is 14.8 Å². The minimum absolute atomic E-state index is 0.0571. The van der Waals surface area contributed by atoms with Gasteiger partial charge in [-0.15, -0.1) is 0 Å². The Bertz CT molecular complexity index is 704. The molecule has 0 aromatic heterocycles. The van der Waals surface area contributed by atoms with Crippen molar-refractivity contribution >= 4 is 12.1 Å². The molecule has 1 aliphatic heterocycles. The molecule has 0 bridgehead atoms. The Kier molecular flexibility index (Phi) is 8.11. The first-order valence-electron chi connectivity index (χ1n) is 9.92. The first-order chi connectivity index (χ1) is 13.9. The zero-order valence-corrected chi connectivity index (χ0v) is 17.5. The molecule has 2 atom stereocenters. The molecule has 1 amide bonds. The molecule has 1 N–H and O–H groups in total. The number of likely N-dealkylation sites (tertiary alicyclic amines) is 1. The van der Waals surface area contributed by atoms with Gasteiger partial charge in [-0.25, -0.2) is 4.79 Å². The lowest BCUT2D eigenvalue weighted by atomic mass is 9.95. The van der Waals surface area contributed by atoms with E-state index in [0.29, 0.717) is 0 Å². The Morgan fingerprint density at radius 3 is 2.33 bits per heavy atom. The number of nitrogens with one attached hydrogen (secondary N) is 1. The number of benzene rings is 1. The van der Waals surface area contributed by atoms with E-state index in [0.717, 1.165) is 5.56 Å². The maximum Gasteiger partial charge on any atom is 0.407 e. The SMILES string of the molecule is CC(C)(C)OC(=O)N[C@H]1CCN(CC(F)(F)F)CC[C@H]1C(=O)OCc1ccccc1. The van der Waals surface area contributed by atoms with Crippen LogP contribution in [0.15, 0.2) is 30.3 Å². The molecule has 1 fully saturated rings. The van der Waals surface area contributed by atoms with Crippen LogP contribution in [0.1, 0.15) is 39.2 Å². The summed E-state index contributed by atoms with van der Waals surface area (Å²) < 4.78 is 49.1. The predicted molar refractivity (Wildman–Crippen MR) is 105 cm³/mol. The van der Waals surface area contributed by atoms with Crippen molar-refractivity contribution in [1.29, 1.82) is 0 Å². The number of ether oxygens (including phenoxy) is 2. The lowest BCUT2D eigenvalue weighted by Crippen LogP contribution is -2.45. The third kappa shape index (κ3) is 8.61. The molecule has 1 saturated heterocycles. The van der Waals surface area contributed by atoms with Crippen LogP contribution in [0.5, 0.6) is 0 Å². The first-order valence-corrected chi connectivity index (χ1v) is 9.92. The average Bonchev–Trinajstić information content (AvgIpc) is 2.80. The number of nitrogens with zero attached hydrogens (tertiary/aromatic N) is 1. The van der Waals surface area contributed by atoms with Crippen molar-refractivity contribution in [3.63, 3.8) is 0 Å². The van der Waals surface area contributed by atoms with Crippen molar-refractivity contribution in [3.8, 4) is 0 Å². The smallest absolute Gasteiger partial charge is 0.407 e. The minimum atomic E-state index is -4.33. The van der Waals surface area contributed by atoms with Crippen molar-refractivity contribution in [2.24, 2.45) is 5.92 Å². The van der Waals surface area contributed by atoms with E-state index in [1.54, 1.807) is 20.8 Å². The van der Waals surface area contributed by atoms with E-state index in [9.17, 15) is 22.8 Å². The number of hydrogen-bond donors (Lipinski definition) is 1. The normalized spacial score (nSPS) is 20.9. The van der Waals surface area contributed by atoms with Crippen LogP contribution in [0.4, 0.5) is 18.0 Å². The summed E-state index contributed by atoms with van der Waals surface area (Å²) in [7, 11) is 0. The van der Waals surface area contributed by atoms with Gasteiger partial charge in [0.2, 0.25) is 0 Å². The Hall–Kier alpha value is -2.29. The van der Waals surface area contributed by atoms with E-state index in [1.165, 1.54) is 4.90 Å². The van der Waals surface area contributed by atoms with Gasteiger partial charge in [-0.2, -0.15) is 13.2 Å². The van der Waals surface area contributed by atoms with Crippen LogP contribution in [0, 0.1) is 5.92 Å². The van der Waals surface area contributed by atoms with E-state index in [-0.39, 0.29) is 32.5 Å². The largest absolute Gasteiger partial charge is 0.461 e. The van der Waals surface area contributed by atoms with Gasteiger partial charge in [0.15, 0.2) is 0 Å². The predicted octanol–water partition coefficient (Wildman–Crippen LogP) is 3.90. The molecule has 0 radical (unpaired) electrons. The maximum absolute atomic E-state index is 12.8. The molecule has 1 aromatic carbocycles. The molecule has 0 saturated carbocycles. The van der Waals surface area contributed by atoms with Crippen molar-refractivity contribution in [3.05, 3.63) is 35.9 Å². The molecule has 30 heavy (non-hydrogen) atoms. The molecule has 0 aliphatic carbocycles. The van der Waals surface area contributed by atoms with Gasteiger partial charge in [-0.3, -0.25) is 9.69 Å². The number of carbonyl (C=O) groups is 2. The van der Waals surface area contributed by atoms with Crippen LogP contribution in [-0.4, -0.2) is 54.4 Å². The molecule has 1 aliphatic rings. The van der Waals surface area contributed by atoms with Gasteiger partial charge in [-0.1, -0.05) is 30.3 Å². The van der Waals surface area contributed by atoms with Gasteiger partial charge in [0.1, 0.15) is 12.2 Å². The lowest BCUT2D eigenvalue weighted by Gasteiger charge is -2.26. The molecule has 6 nitrogen and oxygen atoms in total. The summed E-state index contributed by atoms with van der Waals surface area (Å²) in [6, 6.07) is 8.41. The second-order valence-electron chi connectivity index (χ2n) is 8.42. The van der Waals surface area contributed by atoms with E-state index in [4.69, 9.17) is 9.47 Å². The Balaban J connectivity index is 2.07. The van der Waals surface area contributed by atoms with Gasteiger partial charge in [0.25, 0.3) is 0 Å². The number of hydrogen-bond acceptors (Lipinski definition) is 5. The Morgan fingerprint density at radius 2 is 1.73 bits per heavy atom. The fourth-order valence-corrected chi connectivity index (χ4v) is 3.32. The zero-order chi connectivity index (χ0) is 22.4. The van der Waals surface area contributed by atoms with Crippen LogP contribution >= 0.6 is 0 Å². The highest BCUT2D eigenvalue weighted by Gasteiger charge is 2.38. The van der Waals surface area contributed by atoms with Gasteiger partial charge in [-0.05, 0) is 45.7 Å². The summed E-state index contributed by atoms with van der Waals surface area (Å²) in [5.74, 6) is -1.31. The molecule has 168 valence electrons. The quantitative estimate of drug-likeness (QED) is 0.718. The fraction of sp³-hybridized carbons (Fsp3) is 0.619. The summed E-state index contributed by atoms with van der Waals surface area (Å²) in [5, 5.41) is 2.66. The third-order valence-corrected chi connectivity index (χ3v) is 4.63. The van der Waals surface area contributed by atoms with E-state index in [1.807, 2.05) is 30.3 Å². The van der Waals surface area contributed by atoms with Crippen LogP contribution in [-0.2, 0) is 20.9 Å². The number of alkyl carbamates (subject to hydrolysis) is 1. The third-order valence-electron chi connectivity index (χ3n) is 4.63. The second kappa shape index (κ2) is 10.1. The van der Waals surface area contributed by atoms with Crippen molar-refractivity contribution in [1.82, 2.24) is 10.2 Å². The van der Waals surface area contributed by atoms with Crippen LogP contribution in [0.25, 0.3) is 0 Å². The van der Waals surface area contributed by atoms with Crippen LogP contribution in [0.3, 0.4) is 0 Å². The average molecular weight is 430 g/mol. The highest BCUT2D eigenvalue weighted by atomic mass is 19.4. The topological polar surface area (TPSA) is 67.9 Å². The maximum atomic E-state index is 12.8. The second-order valence-corrected chi connectivity index (χ2v) is 8.42. The molecule has 2 rings (SSSR count). The molecule has 0 spiro atoms. The molecular formula is C21H29F3N2O4. The molecule has 1 aromatic rings. The van der Waals surface area contributed by atoms with Crippen LogP contribution in [0.2, 0.25) is 0 Å². The highest BCUT2D eigenvalue weighted by molar-refractivity contribution is 5.75. The van der Waals surface area contributed by atoms with E-state index >= 15 is 0 Å². The number of amides is 1. The highest BCUT2D eigenvalue weighted by Crippen LogP contribution is 2.24.